The van der Waals surface area contributed by atoms with E-state index in [1.165, 1.54) is 29.5 Å². The molecule has 0 aliphatic heterocycles. The van der Waals surface area contributed by atoms with Gasteiger partial charge < -0.3 is 5.32 Å². The van der Waals surface area contributed by atoms with Crippen LogP contribution in [0.25, 0.3) is 0 Å². The Balaban J connectivity index is 2.72. The van der Waals surface area contributed by atoms with E-state index in [4.69, 9.17) is 0 Å². The van der Waals surface area contributed by atoms with Crippen LogP contribution in [0.1, 0.15) is 50.8 Å². The quantitative estimate of drug-likeness (QED) is 0.761. The van der Waals surface area contributed by atoms with Crippen molar-refractivity contribution < 1.29 is 0 Å². The van der Waals surface area contributed by atoms with Crippen molar-refractivity contribution in [2.75, 3.05) is 6.54 Å². The molecule has 0 heterocycles. The van der Waals surface area contributed by atoms with E-state index in [0.717, 1.165) is 18.4 Å². The summed E-state index contributed by atoms with van der Waals surface area (Å²) in [7, 11) is 0. The van der Waals surface area contributed by atoms with Gasteiger partial charge in [0.05, 0.1) is 0 Å². The molecule has 1 rings (SSSR count). The zero-order valence-corrected chi connectivity index (χ0v) is 13.6. The van der Waals surface area contributed by atoms with Crippen LogP contribution in [-0.2, 0) is 6.42 Å². The molecule has 108 valence electrons. The molecular weight excluding hydrogens is 230 g/mol. The Hall–Kier alpha value is -0.820. The molecule has 0 radical (unpaired) electrons. The molecule has 0 bridgehead atoms. The van der Waals surface area contributed by atoms with Crippen molar-refractivity contribution in [3.8, 4) is 0 Å². The topological polar surface area (TPSA) is 12.0 Å². The highest BCUT2D eigenvalue weighted by molar-refractivity contribution is 5.30. The normalized spacial score (nSPS) is 13.3. The molecule has 19 heavy (non-hydrogen) atoms. The van der Waals surface area contributed by atoms with E-state index < -0.39 is 0 Å². The van der Waals surface area contributed by atoms with Crippen molar-refractivity contribution in [2.24, 2.45) is 11.8 Å². The first-order valence-electron chi connectivity index (χ1n) is 7.68. The Labute approximate surface area is 119 Å². The van der Waals surface area contributed by atoms with E-state index >= 15 is 0 Å². The molecule has 1 N–H and O–H groups in total. The van der Waals surface area contributed by atoms with Gasteiger partial charge in [-0.2, -0.15) is 0 Å². The van der Waals surface area contributed by atoms with E-state index in [9.17, 15) is 0 Å². The summed E-state index contributed by atoms with van der Waals surface area (Å²) in [6, 6.07) is 7.40. The van der Waals surface area contributed by atoms with Gasteiger partial charge in [-0.15, -0.1) is 0 Å². The minimum Gasteiger partial charge on any atom is -0.314 e. The lowest BCUT2D eigenvalue weighted by Gasteiger charge is -2.22. The van der Waals surface area contributed by atoms with Crippen LogP contribution in [0.5, 0.6) is 0 Å². The van der Waals surface area contributed by atoms with Gasteiger partial charge >= 0.3 is 0 Å². The Kier molecular flexibility index (Phi) is 6.57. The van der Waals surface area contributed by atoms with Gasteiger partial charge in [0.2, 0.25) is 0 Å². The van der Waals surface area contributed by atoms with Crippen LogP contribution in [-0.4, -0.2) is 12.6 Å². The van der Waals surface area contributed by atoms with Crippen molar-refractivity contribution in [3.63, 3.8) is 0 Å². The molecule has 1 nitrogen and oxygen atoms in total. The summed E-state index contributed by atoms with van der Waals surface area (Å²) in [5.74, 6) is 1.51. The first-order valence-corrected chi connectivity index (χ1v) is 7.68. The minimum absolute atomic E-state index is 0.577. The van der Waals surface area contributed by atoms with Crippen LogP contribution >= 0.6 is 0 Å². The van der Waals surface area contributed by atoms with Crippen molar-refractivity contribution >= 4 is 0 Å². The van der Waals surface area contributed by atoms with E-state index in [1.807, 2.05) is 0 Å². The second kappa shape index (κ2) is 7.69. The molecule has 0 aromatic heterocycles. The number of hydrogen-bond donors (Lipinski definition) is 1. The van der Waals surface area contributed by atoms with Gasteiger partial charge in [0.15, 0.2) is 0 Å². The molecule has 1 aromatic carbocycles. The average molecular weight is 261 g/mol. The Morgan fingerprint density at radius 2 is 1.74 bits per heavy atom. The average Bonchev–Trinajstić information content (AvgIpc) is 2.30. The van der Waals surface area contributed by atoms with Gasteiger partial charge in [-0.1, -0.05) is 51.5 Å². The number of rotatable bonds is 7. The van der Waals surface area contributed by atoms with Gasteiger partial charge in [-0.3, -0.25) is 0 Å². The fourth-order valence-corrected chi connectivity index (χ4v) is 2.64. The highest BCUT2D eigenvalue weighted by atomic mass is 14.9. The molecule has 1 unspecified atom stereocenters. The number of nitrogens with one attached hydrogen (secondary N) is 1. The van der Waals surface area contributed by atoms with Crippen molar-refractivity contribution in [1.29, 1.82) is 0 Å². The molecule has 1 atom stereocenters. The SMILES string of the molecule is Cc1ccc(C)c(CC(CNC(C)C)CC(C)C)c1. The number of aryl methyl sites for hydroxylation is 2. The second-order valence-electron chi connectivity index (χ2n) is 6.69. The molecule has 0 saturated heterocycles. The predicted octanol–water partition coefficient (Wildman–Crippen LogP) is 4.51. The van der Waals surface area contributed by atoms with E-state index in [-0.39, 0.29) is 0 Å². The first-order chi connectivity index (χ1) is 8.88. The predicted molar refractivity (Wildman–Crippen MR) is 85.7 cm³/mol. The third kappa shape index (κ3) is 6.24. The minimum atomic E-state index is 0.577. The van der Waals surface area contributed by atoms with E-state index in [2.05, 4.69) is 65.1 Å². The third-order valence-corrected chi connectivity index (χ3v) is 3.63. The summed E-state index contributed by atoms with van der Waals surface area (Å²) in [4.78, 5) is 0. The zero-order valence-electron chi connectivity index (χ0n) is 13.6. The van der Waals surface area contributed by atoms with Crippen molar-refractivity contribution in [1.82, 2.24) is 5.32 Å². The first kappa shape index (κ1) is 16.2. The molecule has 0 amide bonds. The fraction of sp³-hybridized carbons (Fsp3) is 0.667. The molecule has 0 saturated carbocycles. The molecule has 1 heteroatoms. The fourth-order valence-electron chi connectivity index (χ4n) is 2.64. The Morgan fingerprint density at radius 1 is 1.05 bits per heavy atom. The highest BCUT2D eigenvalue weighted by Gasteiger charge is 2.13. The maximum absolute atomic E-state index is 3.61. The van der Waals surface area contributed by atoms with Gasteiger partial charge in [0, 0.05) is 6.04 Å². The Bertz CT molecular complexity index is 379. The summed E-state index contributed by atoms with van der Waals surface area (Å²) in [6.07, 6.45) is 2.50. The maximum atomic E-state index is 3.61. The third-order valence-electron chi connectivity index (χ3n) is 3.63. The van der Waals surface area contributed by atoms with Crippen LogP contribution in [0.4, 0.5) is 0 Å². The summed E-state index contributed by atoms with van der Waals surface area (Å²) in [5.41, 5.74) is 4.33. The molecular formula is C18H31N. The molecule has 0 aliphatic rings. The van der Waals surface area contributed by atoms with Crippen LogP contribution in [0, 0.1) is 25.7 Å². The van der Waals surface area contributed by atoms with Gasteiger partial charge in [0.25, 0.3) is 0 Å². The Morgan fingerprint density at radius 3 is 2.32 bits per heavy atom. The lowest BCUT2D eigenvalue weighted by molar-refractivity contribution is 0.372. The van der Waals surface area contributed by atoms with Gasteiger partial charge in [-0.25, -0.2) is 0 Å². The highest BCUT2D eigenvalue weighted by Crippen LogP contribution is 2.20. The smallest absolute Gasteiger partial charge is 0.00104 e. The van der Waals surface area contributed by atoms with Gasteiger partial charge in [-0.05, 0) is 56.2 Å². The van der Waals surface area contributed by atoms with Crippen molar-refractivity contribution in [3.05, 3.63) is 34.9 Å². The summed E-state index contributed by atoms with van der Waals surface area (Å²) in [6.45, 7) is 14.7. The maximum Gasteiger partial charge on any atom is 0.00104 e. The lowest BCUT2D eigenvalue weighted by Crippen LogP contribution is -2.30. The lowest BCUT2D eigenvalue weighted by atomic mass is 9.88. The van der Waals surface area contributed by atoms with Crippen molar-refractivity contribution in [2.45, 2.75) is 60.4 Å². The largest absolute Gasteiger partial charge is 0.314 e. The van der Waals surface area contributed by atoms with Crippen LogP contribution < -0.4 is 5.32 Å². The summed E-state index contributed by atoms with van der Waals surface area (Å²) in [5, 5.41) is 3.61. The summed E-state index contributed by atoms with van der Waals surface area (Å²) < 4.78 is 0. The van der Waals surface area contributed by atoms with E-state index in [1.54, 1.807) is 0 Å². The molecule has 0 fully saturated rings. The van der Waals surface area contributed by atoms with Crippen LogP contribution in [0.2, 0.25) is 0 Å². The number of benzene rings is 1. The molecule has 0 spiro atoms. The number of hydrogen-bond acceptors (Lipinski definition) is 1. The zero-order chi connectivity index (χ0) is 14.4. The standard InChI is InChI=1S/C18H31N/c1-13(2)9-17(12-19-14(3)4)11-18-10-15(5)7-8-16(18)6/h7-8,10,13-14,17,19H,9,11-12H2,1-6H3. The molecule has 1 aromatic rings. The van der Waals surface area contributed by atoms with E-state index in [0.29, 0.717) is 6.04 Å². The molecule has 0 aliphatic carbocycles. The monoisotopic (exact) mass is 261 g/mol. The van der Waals surface area contributed by atoms with Crippen LogP contribution in [0.15, 0.2) is 18.2 Å². The summed E-state index contributed by atoms with van der Waals surface area (Å²) >= 11 is 0. The van der Waals surface area contributed by atoms with Crippen LogP contribution in [0.3, 0.4) is 0 Å². The van der Waals surface area contributed by atoms with Gasteiger partial charge in [0.1, 0.15) is 0 Å². The second-order valence-corrected chi connectivity index (χ2v) is 6.69.